The van der Waals surface area contributed by atoms with Gasteiger partial charge < -0.3 is 0 Å². The molecular formula is C40H26N4S. The summed E-state index contributed by atoms with van der Waals surface area (Å²) >= 11 is 1.72. The summed E-state index contributed by atoms with van der Waals surface area (Å²) in [4.78, 5) is 19.8. The standard InChI is InChI=1S/C40H26N4S/c1-4-11-27(12-5-1)28-19-23-31(24-20-28)38-42-37(30-13-6-2-7-14-30)43-39(44-38)32-25-21-29(22-26-32)34-17-10-18-35-36(34)41-40(45-35)33-15-8-3-9-16-33/h1-26H. The van der Waals surface area contributed by atoms with Crippen LogP contribution >= 0.6 is 11.3 Å². The Hall–Kier alpha value is -5.78. The van der Waals surface area contributed by atoms with Gasteiger partial charge in [-0.1, -0.05) is 152 Å². The highest BCUT2D eigenvalue weighted by atomic mass is 32.1. The van der Waals surface area contributed by atoms with Crippen LogP contribution in [0.5, 0.6) is 0 Å². The Balaban J connectivity index is 1.17. The van der Waals surface area contributed by atoms with Crippen LogP contribution in [0.2, 0.25) is 0 Å². The molecule has 6 aromatic carbocycles. The number of aromatic nitrogens is 4. The van der Waals surface area contributed by atoms with E-state index >= 15 is 0 Å². The van der Waals surface area contributed by atoms with Crippen LogP contribution < -0.4 is 0 Å². The molecule has 0 saturated carbocycles. The normalized spacial score (nSPS) is 11.1. The molecular weight excluding hydrogens is 569 g/mol. The number of rotatable bonds is 6. The molecule has 0 atom stereocenters. The summed E-state index contributed by atoms with van der Waals surface area (Å²) in [5, 5.41) is 1.03. The first-order valence-electron chi connectivity index (χ1n) is 14.8. The van der Waals surface area contributed by atoms with Crippen molar-refractivity contribution in [1.82, 2.24) is 19.9 Å². The topological polar surface area (TPSA) is 51.6 Å². The molecule has 2 heterocycles. The quantitative estimate of drug-likeness (QED) is 0.192. The zero-order valence-corrected chi connectivity index (χ0v) is 25.0. The van der Waals surface area contributed by atoms with Crippen molar-refractivity contribution in [2.45, 2.75) is 0 Å². The van der Waals surface area contributed by atoms with Gasteiger partial charge in [0, 0.05) is 27.8 Å². The van der Waals surface area contributed by atoms with Crippen LogP contribution in [0.1, 0.15) is 0 Å². The molecule has 0 unspecified atom stereocenters. The van der Waals surface area contributed by atoms with E-state index in [9.17, 15) is 0 Å². The first-order chi connectivity index (χ1) is 22.3. The molecule has 0 N–H and O–H groups in total. The van der Waals surface area contributed by atoms with Gasteiger partial charge in [0.2, 0.25) is 0 Å². The summed E-state index contributed by atoms with van der Waals surface area (Å²) in [5.74, 6) is 1.92. The van der Waals surface area contributed by atoms with Gasteiger partial charge in [0.25, 0.3) is 0 Å². The molecule has 0 aliphatic heterocycles. The fourth-order valence-corrected chi connectivity index (χ4v) is 6.48. The minimum absolute atomic E-state index is 0.635. The minimum Gasteiger partial charge on any atom is -0.235 e. The van der Waals surface area contributed by atoms with E-state index in [1.54, 1.807) is 11.3 Å². The average molecular weight is 595 g/mol. The number of nitrogens with zero attached hydrogens (tertiary/aromatic N) is 4. The van der Waals surface area contributed by atoms with Gasteiger partial charge in [0.05, 0.1) is 10.2 Å². The summed E-state index contributed by atoms with van der Waals surface area (Å²) < 4.78 is 1.17. The van der Waals surface area contributed by atoms with E-state index in [0.29, 0.717) is 17.5 Å². The maximum absolute atomic E-state index is 5.04. The number of benzene rings is 6. The molecule has 0 amide bonds. The van der Waals surface area contributed by atoms with Crippen molar-refractivity contribution in [3.05, 3.63) is 158 Å². The molecule has 4 nitrogen and oxygen atoms in total. The van der Waals surface area contributed by atoms with E-state index in [1.165, 1.54) is 10.3 Å². The van der Waals surface area contributed by atoms with Crippen LogP contribution in [0.3, 0.4) is 0 Å². The third-order valence-electron chi connectivity index (χ3n) is 7.81. The van der Waals surface area contributed by atoms with Crippen molar-refractivity contribution in [2.24, 2.45) is 0 Å². The Morgan fingerprint density at radius 1 is 0.311 bits per heavy atom. The Labute approximate surface area is 265 Å². The predicted molar refractivity (Wildman–Crippen MR) is 186 cm³/mol. The molecule has 212 valence electrons. The van der Waals surface area contributed by atoms with Crippen molar-refractivity contribution >= 4 is 21.6 Å². The van der Waals surface area contributed by atoms with Crippen LogP contribution in [-0.2, 0) is 0 Å². The van der Waals surface area contributed by atoms with Gasteiger partial charge in [-0.3, -0.25) is 0 Å². The smallest absolute Gasteiger partial charge is 0.164 e. The number of thiazole rings is 1. The van der Waals surface area contributed by atoms with Gasteiger partial charge in [-0.2, -0.15) is 0 Å². The van der Waals surface area contributed by atoms with E-state index in [-0.39, 0.29) is 0 Å². The van der Waals surface area contributed by atoms with Crippen molar-refractivity contribution < 1.29 is 0 Å². The molecule has 0 aliphatic rings. The second kappa shape index (κ2) is 11.7. The molecule has 5 heteroatoms. The highest BCUT2D eigenvalue weighted by Crippen LogP contribution is 2.36. The molecule has 0 radical (unpaired) electrons. The zero-order valence-electron chi connectivity index (χ0n) is 24.2. The van der Waals surface area contributed by atoms with E-state index in [2.05, 4.69) is 115 Å². The monoisotopic (exact) mass is 594 g/mol. The maximum atomic E-state index is 5.04. The minimum atomic E-state index is 0.635. The average Bonchev–Trinajstić information content (AvgIpc) is 3.58. The Kier molecular flexibility index (Phi) is 6.98. The second-order valence-corrected chi connectivity index (χ2v) is 11.8. The predicted octanol–water partition coefficient (Wildman–Crippen LogP) is 10.5. The summed E-state index contributed by atoms with van der Waals surface area (Å²) in [7, 11) is 0. The van der Waals surface area contributed by atoms with Crippen LogP contribution in [0, 0.1) is 0 Å². The second-order valence-electron chi connectivity index (χ2n) is 10.7. The number of hydrogen-bond acceptors (Lipinski definition) is 5. The highest BCUT2D eigenvalue weighted by molar-refractivity contribution is 7.21. The largest absolute Gasteiger partial charge is 0.235 e. The first-order valence-corrected chi connectivity index (χ1v) is 15.6. The highest BCUT2D eigenvalue weighted by Gasteiger charge is 2.14. The van der Waals surface area contributed by atoms with Gasteiger partial charge in [-0.05, 0) is 22.8 Å². The fourth-order valence-electron chi connectivity index (χ4n) is 5.48. The summed E-state index contributed by atoms with van der Waals surface area (Å²) in [6, 6.07) is 54.0. The van der Waals surface area contributed by atoms with Crippen LogP contribution in [-0.4, -0.2) is 19.9 Å². The lowest BCUT2D eigenvalue weighted by Gasteiger charge is -2.10. The van der Waals surface area contributed by atoms with E-state index < -0.39 is 0 Å². The third kappa shape index (κ3) is 5.42. The maximum Gasteiger partial charge on any atom is 0.164 e. The summed E-state index contributed by atoms with van der Waals surface area (Å²) in [5.41, 5.74) is 9.50. The van der Waals surface area contributed by atoms with Crippen LogP contribution in [0.25, 0.3) is 77.2 Å². The van der Waals surface area contributed by atoms with E-state index in [1.807, 2.05) is 42.5 Å². The molecule has 0 spiro atoms. The van der Waals surface area contributed by atoms with Crippen molar-refractivity contribution in [2.75, 3.05) is 0 Å². The van der Waals surface area contributed by atoms with Gasteiger partial charge in [-0.15, -0.1) is 11.3 Å². The van der Waals surface area contributed by atoms with Gasteiger partial charge in [0.1, 0.15) is 5.01 Å². The Bertz CT molecular complexity index is 2230. The van der Waals surface area contributed by atoms with Crippen molar-refractivity contribution in [1.29, 1.82) is 0 Å². The van der Waals surface area contributed by atoms with E-state index in [0.717, 1.165) is 49.5 Å². The van der Waals surface area contributed by atoms with Crippen molar-refractivity contribution in [3.8, 4) is 67.0 Å². The fraction of sp³-hybridized carbons (Fsp3) is 0. The number of hydrogen-bond donors (Lipinski definition) is 0. The Morgan fingerprint density at radius 2 is 0.733 bits per heavy atom. The summed E-state index contributed by atoms with van der Waals surface area (Å²) in [6.45, 7) is 0. The molecule has 0 saturated heterocycles. The molecule has 2 aromatic heterocycles. The lowest BCUT2D eigenvalue weighted by Crippen LogP contribution is -2.00. The van der Waals surface area contributed by atoms with E-state index in [4.69, 9.17) is 19.9 Å². The van der Waals surface area contributed by atoms with Gasteiger partial charge in [-0.25, -0.2) is 19.9 Å². The van der Waals surface area contributed by atoms with Gasteiger partial charge >= 0.3 is 0 Å². The SMILES string of the molecule is c1ccc(-c2ccc(-c3nc(-c4ccccc4)nc(-c4ccc(-c5cccc6sc(-c7ccccc7)nc56)cc4)n3)cc2)cc1. The Morgan fingerprint density at radius 3 is 1.29 bits per heavy atom. The molecule has 45 heavy (non-hydrogen) atoms. The number of para-hydroxylation sites is 1. The molecule has 0 aliphatic carbocycles. The zero-order chi connectivity index (χ0) is 30.0. The van der Waals surface area contributed by atoms with Crippen LogP contribution in [0.15, 0.2) is 158 Å². The van der Waals surface area contributed by atoms with Crippen molar-refractivity contribution in [3.63, 3.8) is 0 Å². The van der Waals surface area contributed by atoms with Crippen LogP contribution in [0.4, 0.5) is 0 Å². The number of fused-ring (bicyclic) bond motifs is 1. The molecule has 8 aromatic rings. The molecule has 0 bridgehead atoms. The lowest BCUT2D eigenvalue weighted by molar-refractivity contribution is 1.07. The summed E-state index contributed by atoms with van der Waals surface area (Å²) in [6.07, 6.45) is 0. The lowest BCUT2D eigenvalue weighted by atomic mass is 10.0. The molecule has 0 fully saturated rings. The van der Waals surface area contributed by atoms with Gasteiger partial charge in [0.15, 0.2) is 17.5 Å². The molecule has 8 rings (SSSR count). The first kappa shape index (κ1) is 26.8. The third-order valence-corrected chi connectivity index (χ3v) is 8.88.